The van der Waals surface area contributed by atoms with Crippen LogP contribution in [0.3, 0.4) is 0 Å². The summed E-state index contributed by atoms with van der Waals surface area (Å²) in [5.41, 5.74) is 0. The molecule has 68 heavy (non-hydrogen) atoms. The molecule has 9 heteroatoms. The molecule has 1 saturated heterocycles. The Bertz CT molecular complexity index is 1250. The van der Waals surface area contributed by atoms with Crippen LogP contribution in [0.4, 0.5) is 0 Å². The van der Waals surface area contributed by atoms with E-state index in [1.54, 1.807) is 0 Å². The van der Waals surface area contributed by atoms with Gasteiger partial charge in [-0.05, 0) is 57.8 Å². The summed E-state index contributed by atoms with van der Waals surface area (Å²) >= 11 is 0. The first-order chi connectivity index (χ1) is 33.3. The molecule has 0 aromatic heterocycles. The molecule has 0 bridgehead atoms. The number of unbranched alkanes of at least 4 members (excludes halogenated alkanes) is 28. The van der Waals surface area contributed by atoms with Crippen molar-refractivity contribution >= 4 is 5.91 Å². The van der Waals surface area contributed by atoms with Gasteiger partial charge >= 0.3 is 0 Å². The lowest BCUT2D eigenvalue weighted by atomic mass is 9.99. The van der Waals surface area contributed by atoms with Gasteiger partial charge in [0.05, 0.1) is 25.4 Å². The molecule has 1 amide bonds. The molecule has 0 saturated carbocycles. The molecule has 9 nitrogen and oxygen atoms in total. The van der Waals surface area contributed by atoms with Gasteiger partial charge < -0.3 is 40.3 Å². The molecular weight excluding hydrogens is 851 g/mol. The molecule has 1 fully saturated rings. The van der Waals surface area contributed by atoms with E-state index in [4.69, 9.17) is 9.47 Å². The van der Waals surface area contributed by atoms with E-state index in [9.17, 15) is 30.3 Å². The van der Waals surface area contributed by atoms with Crippen LogP contribution < -0.4 is 5.32 Å². The number of ether oxygens (including phenoxy) is 2. The van der Waals surface area contributed by atoms with Crippen LogP contribution in [0.25, 0.3) is 0 Å². The lowest BCUT2D eigenvalue weighted by Crippen LogP contribution is -2.60. The number of hydrogen-bond acceptors (Lipinski definition) is 8. The predicted octanol–water partition coefficient (Wildman–Crippen LogP) is 13.9. The normalized spacial score (nSPS) is 20.0. The highest BCUT2D eigenvalue weighted by atomic mass is 16.7. The number of allylic oxidation sites excluding steroid dienone is 10. The Morgan fingerprint density at radius 2 is 0.912 bits per heavy atom. The van der Waals surface area contributed by atoms with Crippen molar-refractivity contribution in [2.45, 2.75) is 294 Å². The number of nitrogens with one attached hydrogen (secondary N) is 1. The van der Waals surface area contributed by atoms with Gasteiger partial charge in [0.25, 0.3) is 0 Å². The van der Waals surface area contributed by atoms with Crippen molar-refractivity contribution in [2.75, 3.05) is 13.2 Å². The van der Waals surface area contributed by atoms with Crippen LogP contribution >= 0.6 is 0 Å². The Labute approximate surface area is 417 Å². The Morgan fingerprint density at radius 1 is 0.515 bits per heavy atom. The predicted molar refractivity (Wildman–Crippen MR) is 286 cm³/mol. The largest absolute Gasteiger partial charge is 0.394 e. The Morgan fingerprint density at radius 3 is 1.35 bits per heavy atom. The molecule has 0 spiro atoms. The van der Waals surface area contributed by atoms with Gasteiger partial charge in [0, 0.05) is 6.42 Å². The van der Waals surface area contributed by atoms with Crippen molar-refractivity contribution < 1.29 is 39.8 Å². The number of amides is 1. The summed E-state index contributed by atoms with van der Waals surface area (Å²) in [5, 5.41) is 54.6. The first-order valence-corrected chi connectivity index (χ1v) is 28.5. The van der Waals surface area contributed by atoms with Gasteiger partial charge in [-0.1, -0.05) is 248 Å². The second-order valence-electron chi connectivity index (χ2n) is 19.7. The van der Waals surface area contributed by atoms with Crippen LogP contribution in [0.5, 0.6) is 0 Å². The first kappa shape index (κ1) is 63.9. The molecule has 1 aliphatic heterocycles. The monoisotopic (exact) mass is 958 g/mol. The maximum Gasteiger partial charge on any atom is 0.220 e. The van der Waals surface area contributed by atoms with Crippen LogP contribution in [-0.2, 0) is 14.3 Å². The quantitative estimate of drug-likeness (QED) is 0.0261. The zero-order valence-corrected chi connectivity index (χ0v) is 43.9. The lowest BCUT2D eigenvalue weighted by Gasteiger charge is -2.40. The number of aliphatic hydroxyl groups excluding tert-OH is 5. The van der Waals surface area contributed by atoms with Crippen molar-refractivity contribution in [1.82, 2.24) is 5.32 Å². The molecule has 7 atom stereocenters. The van der Waals surface area contributed by atoms with Crippen molar-refractivity contribution in [3.05, 3.63) is 60.8 Å². The third kappa shape index (κ3) is 37.7. The van der Waals surface area contributed by atoms with E-state index < -0.39 is 49.5 Å². The van der Waals surface area contributed by atoms with E-state index in [1.807, 2.05) is 0 Å². The smallest absolute Gasteiger partial charge is 0.220 e. The van der Waals surface area contributed by atoms with Crippen LogP contribution in [-0.4, -0.2) is 87.5 Å². The first-order valence-electron chi connectivity index (χ1n) is 28.5. The zero-order valence-electron chi connectivity index (χ0n) is 43.9. The van der Waals surface area contributed by atoms with Crippen LogP contribution in [0.15, 0.2) is 60.8 Å². The zero-order chi connectivity index (χ0) is 49.4. The molecule has 6 N–H and O–H groups in total. The number of rotatable bonds is 48. The van der Waals surface area contributed by atoms with Crippen molar-refractivity contribution in [3.63, 3.8) is 0 Å². The molecule has 396 valence electrons. The Balaban J connectivity index is 2.18. The lowest BCUT2D eigenvalue weighted by molar-refractivity contribution is -0.302. The average Bonchev–Trinajstić information content (AvgIpc) is 3.34. The minimum atomic E-state index is -1.55. The molecule has 7 unspecified atom stereocenters. The molecule has 0 aliphatic carbocycles. The molecule has 0 aromatic carbocycles. The fraction of sp³-hybridized carbons (Fsp3) is 0.814. The summed E-state index contributed by atoms with van der Waals surface area (Å²) < 4.78 is 11.3. The van der Waals surface area contributed by atoms with Gasteiger partial charge in [-0.25, -0.2) is 0 Å². The number of carbonyl (C=O) groups is 1. The summed E-state index contributed by atoms with van der Waals surface area (Å²) in [5.74, 6) is -0.146. The third-order valence-corrected chi connectivity index (χ3v) is 13.4. The molecule has 0 aromatic rings. The van der Waals surface area contributed by atoms with Gasteiger partial charge in [-0.15, -0.1) is 0 Å². The molecule has 1 aliphatic rings. The standard InChI is InChI=1S/C59H107NO8/c1-3-5-7-9-11-13-15-17-19-21-22-23-24-25-26-27-28-29-30-31-32-33-35-37-39-41-43-45-47-49-55(63)60-52(51-67-59-58(66)57(65)56(64)54(50-61)68-59)53(62)48-46-44-42-40-38-36-34-20-18-16-14-12-10-8-6-4-2/h5,7,11,13,17,19,22-23,25-26,52-54,56-59,61-62,64-66H,3-4,6,8-10,12,14-16,18,20-21,24,27-51H2,1-2H3,(H,60,63)/b7-5-,13-11-,19-17-,23-22-,26-25-. The van der Waals surface area contributed by atoms with E-state index in [0.29, 0.717) is 12.8 Å². The van der Waals surface area contributed by atoms with Gasteiger partial charge in [0.15, 0.2) is 6.29 Å². The van der Waals surface area contributed by atoms with Crippen LogP contribution in [0.1, 0.15) is 251 Å². The third-order valence-electron chi connectivity index (χ3n) is 13.4. The average molecular weight is 959 g/mol. The van der Waals surface area contributed by atoms with E-state index in [0.717, 1.165) is 70.6 Å². The molecule has 1 rings (SSSR count). The maximum atomic E-state index is 13.1. The van der Waals surface area contributed by atoms with E-state index >= 15 is 0 Å². The van der Waals surface area contributed by atoms with E-state index in [-0.39, 0.29) is 12.5 Å². The Kier molecular flexibility index (Phi) is 45.6. The summed E-state index contributed by atoms with van der Waals surface area (Å²) in [6, 6.07) is -0.721. The molecular formula is C59H107NO8. The summed E-state index contributed by atoms with van der Waals surface area (Å²) in [6.45, 7) is 3.74. The fourth-order valence-corrected chi connectivity index (χ4v) is 8.90. The van der Waals surface area contributed by atoms with Crippen molar-refractivity contribution in [1.29, 1.82) is 0 Å². The topological polar surface area (TPSA) is 149 Å². The second-order valence-corrected chi connectivity index (χ2v) is 19.7. The number of hydrogen-bond donors (Lipinski definition) is 6. The molecule has 1 heterocycles. The van der Waals surface area contributed by atoms with E-state index in [2.05, 4.69) is 79.9 Å². The summed E-state index contributed by atoms with van der Waals surface area (Å²) in [6.07, 6.45) is 58.1. The van der Waals surface area contributed by atoms with Crippen molar-refractivity contribution in [3.8, 4) is 0 Å². The Hall–Kier alpha value is -2.11. The minimum Gasteiger partial charge on any atom is -0.394 e. The fourth-order valence-electron chi connectivity index (χ4n) is 8.90. The number of carbonyl (C=O) groups excluding carboxylic acids is 1. The summed E-state index contributed by atoms with van der Waals surface area (Å²) in [4.78, 5) is 13.1. The maximum absolute atomic E-state index is 13.1. The van der Waals surface area contributed by atoms with Crippen LogP contribution in [0.2, 0.25) is 0 Å². The van der Waals surface area contributed by atoms with Gasteiger partial charge in [0.1, 0.15) is 24.4 Å². The highest BCUT2D eigenvalue weighted by molar-refractivity contribution is 5.76. The van der Waals surface area contributed by atoms with Crippen molar-refractivity contribution in [2.24, 2.45) is 0 Å². The van der Waals surface area contributed by atoms with Gasteiger partial charge in [-0.3, -0.25) is 4.79 Å². The van der Waals surface area contributed by atoms with Crippen LogP contribution in [0, 0.1) is 0 Å². The van der Waals surface area contributed by atoms with E-state index in [1.165, 1.54) is 154 Å². The SMILES string of the molecule is CC/C=C\C/C=C\C/C=C\C/C=C\C/C=C\CCCCCCCCCCCCCCCC(=O)NC(COC1OC(CO)C(O)C(O)C1O)C(O)CCCCCCCCCCCCCCCCCC. The number of aliphatic hydroxyl groups is 5. The van der Waals surface area contributed by atoms with Gasteiger partial charge in [-0.2, -0.15) is 0 Å². The minimum absolute atomic E-state index is 0.139. The summed E-state index contributed by atoms with van der Waals surface area (Å²) in [7, 11) is 0. The second kappa shape index (κ2) is 48.5. The highest BCUT2D eigenvalue weighted by Gasteiger charge is 2.44. The van der Waals surface area contributed by atoms with Gasteiger partial charge in [0.2, 0.25) is 5.91 Å². The highest BCUT2D eigenvalue weighted by Crippen LogP contribution is 2.23. The molecule has 0 radical (unpaired) electrons.